The number of fused-ring (bicyclic) bond motifs is 10. The van der Waals surface area contributed by atoms with Crippen molar-refractivity contribution in [3.8, 4) is 11.1 Å². The van der Waals surface area contributed by atoms with E-state index in [1.807, 2.05) is 11.3 Å². The Morgan fingerprint density at radius 1 is 0.354 bits per heavy atom. The van der Waals surface area contributed by atoms with Crippen LogP contribution in [-0.4, -0.2) is 0 Å². The van der Waals surface area contributed by atoms with E-state index in [0.717, 1.165) is 11.4 Å². The first-order chi connectivity index (χ1) is 23.8. The molecule has 0 aliphatic rings. The predicted octanol–water partition coefficient (Wildman–Crippen LogP) is 13.8. The number of hydrogen-bond donors (Lipinski definition) is 0. The third-order valence-electron chi connectivity index (χ3n) is 9.80. The maximum atomic E-state index is 2.46. The van der Waals surface area contributed by atoms with Crippen LogP contribution in [0.3, 0.4) is 0 Å². The van der Waals surface area contributed by atoms with Gasteiger partial charge in [-0.05, 0) is 79.8 Å². The minimum atomic E-state index is 1.13. The lowest BCUT2D eigenvalue weighted by Crippen LogP contribution is -2.10. The number of hydrogen-bond acceptors (Lipinski definition) is 2. The molecule has 10 aromatic rings. The molecule has 1 nitrogen and oxygen atoms in total. The molecule has 1 aromatic heterocycles. The van der Waals surface area contributed by atoms with Crippen molar-refractivity contribution in [2.45, 2.75) is 0 Å². The Kier molecular flexibility index (Phi) is 6.12. The summed E-state index contributed by atoms with van der Waals surface area (Å²) in [6, 6.07) is 64.5. The van der Waals surface area contributed by atoms with E-state index in [1.54, 1.807) is 0 Å². The maximum Gasteiger partial charge on any atom is 0.0546 e. The second kappa shape index (κ2) is 10.8. The second-order valence-electron chi connectivity index (χ2n) is 12.5. The molecule has 0 fully saturated rings. The summed E-state index contributed by atoms with van der Waals surface area (Å²) in [5.41, 5.74) is 5.87. The Bertz CT molecular complexity index is 2830. The molecular weight excluding hydrogens is 599 g/mol. The van der Waals surface area contributed by atoms with E-state index in [0.29, 0.717) is 0 Å². The van der Waals surface area contributed by atoms with Crippen LogP contribution in [0.2, 0.25) is 0 Å². The smallest absolute Gasteiger partial charge is 0.0546 e. The highest BCUT2D eigenvalue weighted by Gasteiger charge is 2.19. The summed E-state index contributed by atoms with van der Waals surface area (Å²) >= 11 is 1.89. The fourth-order valence-corrected chi connectivity index (χ4v) is 8.76. The van der Waals surface area contributed by atoms with Gasteiger partial charge in [-0.15, -0.1) is 11.3 Å². The van der Waals surface area contributed by atoms with Gasteiger partial charge in [0.1, 0.15) is 0 Å². The van der Waals surface area contributed by atoms with Crippen molar-refractivity contribution in [1.29, 1.82) is 0 Å². The number of anilines is 3. The van der Waals surface area contributed by atoms with Gasteiger partial charge >= 0.3 is 0 Å². The zero-order valence-electron chi connectivity index (χ0n) is 26.1. The van der Waals surface area contributed by atoms with Gasteiger partial charge < -0.3 is 4.90 Å². The van der Waals surface area contributed by atoms with E-state index in [1.165, 1.54) is 80.1 Å². The van der Waals surface area contributed by atoms with Crippen LogP contribution in [-0.2, 0) is 0 Å². The molecule has 2 heteroatoms. The molecule has 0 unspecified atom stereocenters. The van der Waals surface area contributed by atoms with Crippen LogP contribution in [0.15, 0.2) is 176 Å². The van der Waals surface area contributed by atoms with E-state index in [2.05, 4.69) is 181 Å². The molecule has 224 valence electrons. The Labute approximate surface area is 282 Å². The van der Waals surface area contributed by atoms with Gasteiger partial charge in [0.2, 0.25) is 0 Å². The molecule has 0 amide bonds. The predicted molar refractivity (Wildman–Crippen MR) is 209 cm³/mol. The highest BCUT2D eigenvalue weighted by molar-refractivity contribution is 7.26. The highest BCUT2D eigenvalue weighted by atomic mass is 32.1. The molecule has 0 aliphatic carbocycles. The molecule has 0 bridgehead atoms. The molecule has 0 N–H and O–H groups in total. The van der Waals surface area contributed by atoms with Crippen LogP contribution in [0.25, 0.3) is 74.4 Å². The third-order valence-corrected chi connectivity index (χ3v) is 11.0. The first-order valence-corrected chi connectivity index (χ1v) is 17.2. The molecule has 0 atom stereocenters. The minimum absolute atomic E-state index is 1.13. The molecular formula is C46H29NS. The zero-order chi connectivity index (χ0) is 31.6. The van der Waals surface area contributed by atoms with Gasteiger partial charge in [0.05, 0.1) is 5.69 Å². The number of thiophene rings is 1. The van der Waals surface area contributed by atoms with Gasteiger partial charge in [-0.3, -0.25) is 0 Å². The lowest BCUT2D eigenvalue weighted by atomic mass is 9.94. The van der Waals surface area contributed by atoms with E-state index in [9.17, 15) is 0 Å². The van der Waals surface area contributed by atoms with E-state index in [-0.39, 0.29) is 0 Å². The number of nitrogens with zero attached hydrogens (tertiary/aromatic N) is 1. The summed E-state index contributed by atoms with van der Waals surface area (Å²) in [4.78, 5) is 2.46. The third kappa shape index (κ3) is 4.24. The Hall–Kier alpha value is -5.96. The maximum absolute atomic E-state index is 2.46. The Balaban J connectivity index is 1.26. The van der Waals surface area contributed by atoms with Crippen molar-refractivity contribution < 1.29 is 0 Å². The van der Waals surface area contributed by atoms with E-state index in [4.69, 9.17) is 0 Å². The molecule has 48 heavy (non-hydrogen) atoms. The topological polar surface area (TPSA) is 3.24 Å². The Morgan fingerprint density at radius 2 is 0.958 bits per heavy atom. The molecule has 0 saturated carbocycles. The molecule has 0 aliphatic heterocycles. The molecule has 0 saturated heterocycles. The standard InChI is InChI=1S/C46H29NS/c1-2-10-30(11-3-1)31-20-24-35(25-21-31)47(36-26-22-33-23-27-41-39-15-8-9-17-44(39)48-46(41)42(33)29-36)43-28-34-19-18-32-12-4-5-13-37(32)45(34)40-16-7-6-14-38(40)43/h1-29H. The number of rotatable bonds is 4. The first-order valence-electron chi connectivity index (χ1n) is 16.4. The van der Waals surface area contributed by atoms with Crippen molar-refractivity contribution in [2.75, 3.05) is 4.90 Å². The largest absolute Gasteiger partial charge is 0.310 e. The molecule has 9 aromatic carbocycles. The van der Waals surface area contributed by atoms with Gasteiger partial charge in [0, 0.05) is 42.3 Å². The van der Waals surface area contributed by atoms with Crippen molar-refractivity contribution >= 4 is 91.7 Å². The minimum Gasteiger partial charge on any atom is -0.310 e. The van der Waals surface area contributed by atoms with Crippen molar-refractivity contribution in [1.82, 2.24) is 0 Å². The lowest BCUT2D eigenvalue weighted by Gasteiger charge is -2.28. The quantitative estimate of drug-likeness (QED) is 0.176. The van der Waals surface area contributed by atoms with E-state index >= 15 is 0 Å². The normalized spacial score (nSPS) is 11.8. The van der Waals surface area contributed by atoms with Gasteiger partial charge in [-0.2, -0.15) is 0 Å². The average molecular weight is 628 g/mol. The summed E-state index contributed by atoms with van der Waals surface area (Å²) in [6.07, 6.45) is 0. The fraction of sp³-hybridized carbons (Fsp3) is 0. The van der Waals surface area contributed by atoms with Crippen LogP contribution in [0.1, 0.15) is 0 Å². The molecule has 0 radical (unpaired) electrons. The van der Waals surface area contributed by atoms with Crippen LogP contribution in [0.5, 0.6) is 0 Å². The van der Waals surface area contributed by atoms with Crippen molar-refractivity contribution in [2.24, 2.45) is 0 Å². The van der Waals surface area contributed by atoms with Gasteiger partial charge in [-0.25, -0.2) is 0 Å². The van der Waals surface area contributed by atoms with Crippen LogP contribution in [0, 0.1) is 0 Å². The monoisotopic (exact) mass is 627 g/mol. The van der Waals surface area contributed by atoms with Gasteiger partial charge in [-0.1, -0.05) is 140 Å². The number of benzene rings is 9. The highest BCUT2D eigenvalue weighted by Crippen LogP contribution is 2.46. The molecule has 1 heterocycles. The van der Waals surface area contributed by atoms with Crippen LogP contribution < -0.4 is 4.90 Å². The summed E-state index contributed by atoms with van der Waals surface area (Å²) in [5, 5.41) is 12.8. The molecule has 10 rings (SSSR count). The van der Waals surface area contributed by atoms with Crippen LogP contribution >= 0.6 is 11.3 Å². The summed E-state index contributed by atoms with van der Waals surface area (Å²) in [5.74, 6) is 0. The van der Waals surface area contributed by atoms with Gasteiger partial charge in [0.25, 0.3) is 0 Å². The molecule has 0 spiro atoms. The second-order valence-corrected chi connectivity index (χ2v) is 13.6. The van der Waals surface area contributed by atoms with Gasteiger partial charge in [0.15, 0.2) is 0 Å². The average Bonchev–Trinajstić information content (AvgIpc) is 3.55. The summed E-state index contributed by atoms with van der Waals surface area (Å²) in [7, 11) is 0. The SMILES string of the molecule is c1ccc(-c2ccc(N(c3ccc4ccc5c6ccccc6sc5c4c3)c3cc4ccc5ccccc5c4c4ccccc34)cc2)cc1. The Morgan fingerprint density at radius 3 is 1.81 bits per heavy atom. The van der Waals surface area contributed by atoms with E-state index < -0.39 is 0 Å². The summed E-state index contributed by atoms with van der Waals surface area (Å²) < 4.78 is 2.66. The van der Waals surface area contributed by atoms with Crippen molar-refractivity contribution in [3.63, 3.8) is 0 Å². The lowest BCUT2D eigenvalue weighted by molar-refractivity contribution is 1.31. The van der Waals surface area contributed by atoms with Crippen LogP contribution in [0.4, 0.5) is 17.1 Å². The fourth-order valence-electron chi connectivity index (χ4n) is 7.53. The zero-order valence-corrected chi connectivity index (χ0v) is 26.9. The first kappa shape index (κ1) is 27.2. The van der Waals surface area contributed by atoms with Crippen molar-refractivity contribution in [3.05, 3.63) is 176 Å². The summed E-state index contributed by atoms with van der Waals surface area (Å²) in [6.45, 7) is 0.